The van der Waals surface area contributed by atoms with E-state index in [0.717, 1.165) is 0 Å². The Kier molecular flexibility index (Phi) is 4.90. The molecule has 6 heteroatoms. The summed E-state index contributed by atoms with van der Waals surface area (Å²) in [5, 5.41) is 13.3. The highest BCUT2D eigenvalue weighted by molar-refractivity contribution is 5.97. The molecule has 0 aliphatic rings. The lowest BCUT2D eigenvalue weighted by Crippen LogP contribution is -2.42. The first kappa shape index (κ1) is 18.5. The Morgan fingerprint density at radius 1 is 1.11 bits per heavy atom. The van der Waals surface area contributed by atoms with Crippen molar-refractivity contribution < 1.29 is 19.1 Å². The topological polar surface area (TPSA) is 84.1 Å². The minimum Gasteiger partial charge on any atom is -0.508 e. The fourth-order valence-corrected chi connectivity index (χ4v) is 2.53. The van der Waals surface area contributed by atoms with Gasteiger partial charge in [0.1, 0.15) is 22.6 Å². The molecule has 1 aromatic heterocycles. The third kappa shape index (κ3) is 4.47. The van der Waals surface area contributed by atoms with Crippen LogP contribution in [0.15, 0.2) is 57.9 Å². The van der Waals surface area contributed by atoms with Crippen molar-refractivity contribution in [3.8, 4) is 11.5 Å². The van der Waals surface area contributed by atoms with Gasteiger partial charge < -0.3 is 19.6 Å². The van der Waals surface area contributed by atoms with Gasteiger partial charge in [-0.25, -0.2) is 4.99 Å². The van der Waals surface area contributed by atoms with Gasteiger partial charge in [-0.15, -0.1) is 0 Å². The lowest BCUT2D eigenvalue weighted by Gasteiger charge is -2.20. The number of hydrogen-bond donors (Lipinski definition) is 2. The highest BCUT2D eigenvalue weighted by Gasteiger charge is 2.19. The molecule has 2 aromatic carbocycles. The van der Waals surface area contributed by atoms with E-state index in [1.165, 1.54) is 6.07 Å². The summed E-state index contributed by atoms with van der Waals surface area (Å²) in [6, 6.07) is 13.5. The quantitative estimate of drug-likeness (QED) is 0.736. The molecule has 3 aromatic rings. The molecule has 1 heterocycles. The third-order valence-electron chi connectivity index (χ3n) is 3.77. The lowest BCUT2D eigenvalue weighted by molar-refractivity contribution is 0.0915. The number of nitrogens with zero attached hydrogens (tertiary/aromatic N) is 1. The highest BCUT2D eigenvalue weighted by atomic mass is 16.5. The summed E-state index contributed by atoms with van der Waals surface area (Å²) in [6.07, 6.45) is 0. The van der Waals surface area contributed by atoms with Crippen LogP contribution in [0.2, 0.25) is 0 Å². The number of phenolic OH excluding ortho intramolecular Hbond substituents is 1. The summed E-state index contributed by atoms with van der Waals surface area (Å²) < 4.78 is 11.0. The number of aromatic hydroxyl groups is 1. The van der Waals surface area contributed by atoms with E-state index in [9.17, 15) is 9.90 Å². The number of ether oxygens (including phenoxy) is 1. The molecular formula is C21H22N2O4. The second kappa shape index (κ2) is 7.15. The van der Waals surface area contributed by atoms with Crippen LogP contribution in [0, 0.1) is 0 Å². The van der Waals surface area contributed by atoms with E-state index < -0.39 is 5.54 Å². The van der Waals surface area contributed by atoms with Gasteiger partial charge in [0.25, 0.3) is 5.91 Å². The van der Waals surface area contributed by atoms with E-state index in [1.807, 2.05) is 20.8 Å². The molecule has 0 spiro atoms. The van der Waals surface area contributed by atoms with E-state index in [-0.39, 0.29) is 17.2 Å². The van der Waals surface area contributed by atoms with Crippen molar-refractivity contribution in [2.75, 3.05) is 7.11 Å². The van der Waals surface area contributed by atoms with Gasteiger partial charge in [0.15, 0.2) is 0 Å². The van der Waals surface area contributed by atoms with Crippen molar-refractivity contribution >= 4 is 22.6 Å². The molecule has 0 radical (unpaired) electrons. The normalized spacial score (nSPS) is 12.2. The summed E-state index contributed by atoms with van der Waals surface area (Å²) in [5.41, 5.74) is 1.13. The van der Waals surface area contributed by atoms with Gasteiger partial charge in [-0.1, -0.05) is 0 Å². The summed E-state index contributed by atoms with van der Waals surface area (Å²) in [5.74, 6) is 0.502. The predicted octanol–water partition coefficient (Wildman–Crippen LogP) is 3.91. The van der Waals surface area contributed by atoms with E-state index in [0.29, 0.717) is 28.0 Å². The first-order valence-electron chi connectivity index (χ1n) is 8.53. The highest BCUT2D eigenvalue weighted by Crippen LogP contribution is 2.21. The van der Waals surface area contributed by atoms with Gasteiger partial charge in [-0.05, 0) is 63.2 Å². The molecular weight excluding hydrogens is 344 g/mol. The Morgan fingerprint density at radius 2 is 1.81 bits per heavy atom. The molecule has 0 saturated carbocycles. The van der Waals surface area contributed by atoms with Crippen molar-refractivity contribution in [2.24, 2.45) is 4.99 Å². The zero-order valence-corrected chi connectivity index (χ0v) is 15.7. The van der Waals surface area contributed by atoms with E-state index in [4.69, 9.17) is 9.15 Å². The second-order valence-corrected chi connectivity index (χ2v) is 7.20. The molecule has 0 aliphatic carbocycles. The molecule has 0 fully saturated rings. The molecule has 2 N–H and O–H groups in total. The van der Waals surface area contributed by atoms with Crippen LogP contribution in [-0.4, -0.2) is 23.7 Å². The van der Waals surface area contributed by atoms with E-state index in [2.05, 4.69) is 10.3 Å². The molecule has 27 heavy (non-hydrogen) atoms. The molecule has 0 unspecified atom stereocenters. The molecule has 0 aliphatic heterocycles. The number of carbonyl (C=O) groups is 1. The molecule has 140 valence electrons. The number of rotatable bonds is 3. The van der Waals surface area contributed by atoms with Crippen LogP contribution < -0.4 is 15.6 Å². The largest absolute Gasteiger partial charge is 0.508 e. The number of fused-ring (bicyclic) bond motifs is 1. The number of amides is 1. The maximum absolute atomic E-state index is 12.8. The van der Waals surface area contributed by atoms with E-state index >= 15 is 0 Å². The average molecular weight is 366 g/mol. The van der Waals surface area contributed by atoms with Crippen molar-refractivity contribution in [1.82, 2.24) is 5.32 Å². The average Bonchev–Trinajstić information content (AvgIpc) is 2.60. The van der Waals surface area contributed by atoms with Gasteiger partial charge in [-0.2, -0.15) is 0 Å². The van der Waals surface area contributed by atoms with Crippen molar-refractivity contribution in [3.05, 3.63) is 59.6 Å². The van der Waals surface area contributed by atoms with Crippen molar-refractivity contribution in [2.45, 2.75) is 26.3 Å². The van der Waals surface area contributed by atoms with Gasteiger partial charge in [0, 0.05) is 17.0 Å². The number of benzene rings is 2. The SMILES string of the molecule is COc1ccc(N=c2oc3cc(O)ccc3cc2C(=O)NC(C)(C)C)cc1. The summed E-state index contributed by atoms with van der Waals surface area (Å²) in [4.78, 5) is 17.3. The van der Waals surface area contributed by atoms with Crippen LogP contribution in [-0.2, 0) is 0 Å². The minimum absolute atomic E-state index is 0.0774. The maximum atomic E-state index is 12.8. The van der Waals surface area contributed by atoms with Gasteiger partial charge in [0.2, 0.25) is 5.55 Å². The van der Waals surface area contributed by atoms with Crippen LogP contribution in [0.3, 0.4) is 0 Å². The lowest BCUT2D eigenvalue weighted by atomic mass is 10.1. The zero-order chi connectivity index (χ0) is 19.6. The number of carbonyl (C=O) groups excluding carboxylic acids is 1. The number of phenols is 1. The van der Waals surface area contributed by atoms with Crippen molar-refractivity contribution in [3.63, 3.8) is 0 Å². The zero-order valence-electron chi connectivity index (χ0n) is 15.7. The fraction of sp³-hybridized carbons (Fsp3) is 0.238. The fourth-order valence-electron chi connectivity index (χ4n) is 2.53. The molecule has 0 bridgehead atoms. The second-order valence-electron chi connectivity index (χ2n) is 7.20. The van der Waals surface area contributed by atoms with Gasteiger partial charge >= 0.3 is 0 Å². The monoisotopic (exact) mass is 366 g/mol. The Balaban J connectivity index is 2.18. The Labute approximate surface area is 157 Å². The van der Waals surface area contributed by atoms with Gasteiger partial charge in [-0.3, -0.25) is 4.79 Å². The number of hydrogen-bond acceptors (Lipinski definition) is 5. The minimum atomic E-state index is -0.404. The smallest absolute Gasteiger partial charge is 0.257 e. The first-order chi connectivity index (χ1) is 12.7. The molecule has 6 nitrogen and oxygen atoms in total. The molecule has 0 saturated heterocycles. The van der Waals surface area contributed by atoms with Crippen molar-refractivity contribution in [1.29, 1.82) is 0 Å². The first-order valence-corrected chi connectivity index (χ1v) is 8.53. The van der Waals surface area contributed by atoms with Crippen LogP contribution in [0.25, 0.3) is 11.0 Å². The van der Waals surface area contributed by atoms with Crippen LogP contribution in [0.1, 0.15) is 31.1 Å². The van der Waals surface area contributed by atoms with Crippen LogP contribution in [0.4, 0.5) is 5.69 Å². The number of methoxy groups -OCH3 is 1. The Hall–Kier alpha value is -3.28. The number of nitrogens with one attached hydrogen (secondary N) is 1. The predicted molar refractivity (Wildman–Crippen MR) is 103 cm³/mol. The molecule has 1 amide bonds. The third-order valence-corrected chi connectivity index (χ3v) is 3.77. The standard InChI is InChI=1S/C21H22N2O4/c1-21(2,3)23-19(25)17-11-13-5-8-15(24)12-18(13)27-20(17)22-14-6-9-16(26-4)10-7-14/h5-12,24H,1-4H3,(H,23,25). The summed E-state index contributed by atoms with van der Waals surface area (Å²) in [7, 11) is 1.59. The Bertz CT molecular complexity index is 1040. The van der Waals surface area contributed by atoms with E-state index in [1.54, 1.807) is 49.6 Å². The Morgan fingerprint density at radius 3 is 2.44 bits per heavy atom. The van der Waals surface area contributed by atoms with Crippen LogP contribution in [0.5, 0.6) is 11.5 Å². The summed E-state index contributed by atoms with van der Waals surface area (Å²) in [6.45, 7) is 5.71. The van der Waals surface area contributed by atoms with Crippen LogP contribution >= 0.6 is 0 Å². The molecule has 0 atom stereocenters. The van der Waals surface area contributed by atoms with Gasteiger partial charge in [0.05, 0.1) is 12.8 Å². The molecule has 3 rings (SSSR count). The maximum Gasteiger partial charge on any atom is 0.257 e. The summed E-state index contributed by atoms with van der Waals surface area (Å²) >= 11 is 0.